The molecule has 0 unspecified atom stereocenters. The summed E-state index contributed by atoms with van der Waals surface area (Å²) >= 11 is 0. The second-order valence-electron chi connectivity index (χ2n) is 2.85. The lowest BCUT2D eigenvalue weighted by Crippen LogP contribution is -2.15. The Morgan fingerprint density at radius 1 is 1.25 bits per heavy atom. The molecule has 0 aliphatic heterocycles. The summed E-state index contributed by atoms with van der Waals surface area (Å²) < 4.78 is 4.88. The van der Waals surface area contributed by atoms with Gasteiger partial charge in [0.15, 0.2) is 0 Å². The van der Waals surface area contributed by atoms with Gasteiger partial charge in [0.25, 0.3) is 0 Å². The van der Waals surface area contributed by atoms with E-state index in [0.29, 0.717) is 6.73 Å². The molecule has 0 aromatic heterocycles. The van der Waals surface area contributed by atoms with Gasteiger partial charge in [0.1, 0.15) is 0 Å². The number of rotatable bonds is 4. The molecule has 1 aromatic rings. The van der Waals surface area contributed by atoms with Gasteiger partial charge in [-0.2, -0.15) is 0 Å². The van der Waals surface area contributed by atoms with Crippen molar-refractivity contribution in [2.75, 3.05) is 13.8 Å². The van der Waals surface area contributed by atoms with Crippen LogP contribution in [0.5, 0.6) is 0 Å². The van der Waals surface area contributed by atoms with Crippen molar-refractivity contribution in [3.05, 3.63) is 35.4 Å². The quantitative estimate of drug-likeness (QED) is 0.541. The van der Waals surface area contributed by atoms with Gasteiger partial charge in [0.05, 0.1) is 6.73 Å². The first-order chi connectivity index (χ1) is 5.83. The van der Waals surface area contributed by atoms with Crippen LogP contribution >= 0.6 is 0 Å². The van der Waals surface area contributed by atoms with Crippen molar-refractivity contribution in [2.45, 2.75) is 13.5 Å². The van der Waals surface area contributed by atoms with Crippen LogP contribution in [0.3, 0.4) is 0 Å². The van der Waals surface area contributed by atoms with E-state index in [1.54, 1.807) is 7.11 Å². The topological polar surface area (TPSA) is 21.3 Å². The average molecular weight is 165 g/mol. The molecule has 0 aliphatic rings. The first-order valence-electron chi connectivity index (χ1n) is 4.08. The molecule has 0 spiro atoms. The maximum atomic E-state index is 4.88. The molecule has 0 heterocycles. The van der Waals surface area contributed by atoms with Crippen LogP contribution in [0, 0.1) is 6.92 Å². The Bertz CT molecular complexity index is 218. The van der Waals surface area contributed by atoms with Gasteiger partial charge in [0, 0.05) is 13.7 Å². The van der Waals surface area contributed by atoms with Crippen LogP contribution in [-0.4, -0.2) is 13.8 Å². The molecule has 2 heteroatoms. The van der Waals surface area contributed by atoms with E-state index < -0.39 is 0 Å². The summed E-state index contributed by atoms with van der Waals surface area (Å²) in [5.74, 6) is 0. The fraction of sp³-hybridized carbons (Fsp3) is 0.400. The van der Waals surface area contributed by atoms with Crippen LogP contribution in [-0.2, 0) is 11.3 Å². The maximum absolute atomic E-state index is 4.88. The van der Waals surface area contributed by atoms with Crippen LogP contribution in [0.2, 0.25) is 0 Å². The molecule has 0 bridgehead atoms. The van der Waals surface area contributed by atoms with E-state index in [-0.39, 0.29) is 0 Å². The van der Waals surface area contributed by atoms with Crippen LogP contribution in [0.15, 0.2) is 24.3 Å². The summed E-state index contributed by atoms with van der Waals surface area (Å²) in [6.45, 7) is 3.56. The third kappa shape index (κ3) is 3.03. The number of ether oxygens (including phenoxy) is 1. The summed E-state index contributed by atoms with van der Waals surface area (Å²) in [5, 5.41) is 3.15. The average Bonchev–Trinajstić information content (AvgIpc) is 2.09. The summed E-state index contributed by atoms with van der Waals surface area (Å²) in [6.07, 6.45) is 0. The molecular formula is C10H15NO. The largest absolute Gasteiger partial charge is 0.370 e. The minimum absolute atomic E-state index is 0.605. The summed E-state index contributed by atoms with van der Waals surface area (Å²) in [7, 11) is 1.68. The zero-order chi connectivity index (χ0) is 8.81. The van der Waals surface area contributed by atoms with Crippen molar-refractivity contribution < 1.29 is 4.74 Å². The molecule has 0 fully saturated rings. The van der Waals surface area contributed by atoms with Gasteiger partial charge in [-0.3, -0.25) is 5.32 Å². The number of hydrogen-bond donors (Lipinski definition) is 1. The maximum Gasteiger partial charge on any atom is 0.0964 e. The van der Waals surface area contributed by atoms with Crippen LogP contribution in [0.1, 0.15) is 11.1 Å². The SMILES string of the molecule is COCNCc1ccc(C)cc1. The Labute approximate surface area is 73.6 Å². The second-order valence-corrected chi connectivity index (χ2v) is 2.85. The van der Waals surface area contributed by atoms with E-state index in [0.717, 1.165) is 6.54 Å². The highest BCUT2D eigenvalue weighted by atomic mass is 16.5. The van der Waals surface area contributed by atoms with Crippen LogP contribution < -0.4 is 5.32 Å². The molecule has 0 radical (unpaired) electrons. The Balaban J connectivity index is 2.37. The number of nitrogens with one attached hydrogen (secondary N) is 1. The van der Waals surface area contributed by atoms with Gasteiger partial charge in [-0.15, -0.1) is 0 Å². The standard InChI is InChI=1S/C10H15NO/c1-9-3-5-10(6-4-9)7-11-8-12-2/h3-6,11H,7-8H2,1-2H3. The van der Waals surface area contributed by atoms with Gasteiger partial charge < -0.3 is 4.74 Å². The first kappa shape index (κ1) is 9.23. The number of aryl methyl sites for hydroxylation is 1. The Kier molecular flexibility index (Phi) is 3.77. The second kappa shape index (κ2) is 4.91. The van der Waals surface area contributed by atoms with Gasteiger partial charge >= 0.3 is 0 Å². The summed E-state index contributed by atoms with van der Waals surface area (Å²) in [6, 6.07) is 8.48. The van der Waals surface area contributed by atoms with E-state index in [1.807, 2.05) is 0 Å². The number of hydrogen-bond acceptors (Lipinski definition) is 2. The lowest BCUT2D eigenvalue weighted by molar-refractivity contribution is 0.174. The van der Waals surface area contributed by atoms with E-state index in [9.17, 15) is 0 Å². The molecule has 0 saturated carbocycles. The number of benzene rings is 1. The van der Waals surface area contributed by atoms with E-state index in [1.165, 1.54) is 11.1 Å². The third-order valence-corrected chi connectivity index (χ3v) is 1.70. The molecule has 0 atom stereocenters. The van der Waals surface area contributed by atoms with Gasteiger partial charge in [-0.1, -0.05) is 29.8 Å². The van der Waals surface area contributed by atoms with Crippen molar-refractivity contribution in [1.82, 2.24) is 5.32 Å². The van der Waals surface area contributed by atoms with Crippen molar-refractivity contribution in [2.24, 2.45) is 0 Å². The lowest BCUT2D eigenvalue weighted by Gasteiger charge is -2.03. The Hall–Kier alpha value is -0.860. The zero-order valence-corrected chi connectivity index (χ0v) is 7.63. The van der Waals surface area contributed by atoms with Crippen molar-refractivity contribution in [3.63, 3.8) is 0 Å². The predicted octanol–water partition coefficient (Wildman–Crippen LogP) is 1.69. The molecule has 1 N–H and O–H groups in total. The molecule has 0 saturated heterocycles. The Morgan fingerprint density at radius 3 is 2.50 bits per heavy atom. The van der Waals surface area contributed by atoms with Crippen LogP contribution in [0.4, 0.5) is 0 Å². The third-order valence-electron chi connectivity index (χ3n) is 1.70. The molecule has 66 valence electrons. The normalized spacial score (nSPS) is 10.2. The predicted molar refractivity (Wildman–Crippen MR) is 49.9 cm³/mol. The minimum Gasteiger partial charge on any atom is -0.370 e. The minimum atomic E-state index is 0.605. The fourth-order valence-corrected chi connectivity index (χ4v) is 1.00. The molecule has 1 aromatic carbocycles. The molecule has 0 aliphatic carbocycles. The molecule has 0 amide bonds. The van der Waals surface area contributed by atoms with Crippen molar-refractivity contribution in [1.29, 1.82) is 0 Å². The monoisotopic (exact) mass is 165 g/mol. The highest BCUT2D eigenvalue weighted by Gasteiger charge is 1.90. The van der Waals surface area contributed by atoms with Gasteiger partial charge in [-0.25, -0.2) is 0 Å². The molecule has 1 rings (SSSR count). The van der Waals surface area contributed by atoms with Gasteiger partial charge in [-0.05, 0) is 12.5 Å². The van der Waals surface area contributed by atoms with E-state index in [4.69, 9.17) is 4.74 Å². The molecular weight excluding hydrogens is 150 g/mol. The molecule has 12 heavy (non-hydrogen) atoms. The Morgan fingerprint density at radius 2 is 1.92 bits per heavy atom. The van der Waals surface area contributed by atoms with E-state index >= 15 is 0 Å². The first-order valence-corrected chi connectivity index (χ1v) is 4.08. The van der Waals surface area contributed by atoms with Crippen LogP contribution in [0.25, 0.3) is 0 Å². The van der Waals surface area contributed by atoms with Crippen molar-refractivity contribution >= 4 is 0 Å². The summed E-state index contributed by atoms with van der Waals surface area (Å²) in [4.78, 5) is 0. The fourth-order valence-electron chi connectivity index (χ4n) is 1.00. The van der Waals surface area contributed by atoms with Crippen molar-refractivity contribution in [3.8, 4) is 0 Å². The summed E-state index contributed by atoms with van der Waals surface area (Å²) in [5.41, 5.74) is 2.59. The number of methoxy groups -OCH3 is 1. The van der Waals surface area contributed by atoms with Gasteiger partial charge in [0.2, 0.25) is 0 Å². The zero-order valence-electron chi connectivity index (χ0n) is 7.63. The molecule has 2 nitrogen and oxygen atoms in total. The van der Waals surface area contributed by atoms with E-state index in [2.05, 4.69) is 36.5 Å². The highest BCUT2D eigenvalue weighted by Crippen LogP contribution is 2.01. The lowest BCUT2D eigenvalue weighted by atomic mass is 10.1. The highest BCUT2D eigenvalue weighted by molar-refractivity contribution is 5.20. The smallest absolute Gasteiger partial charge is 0.0964 e.